The molecule has 4 bridgehead atoms. The van der Waals surface area contributed by atoms with Crippen molar-refractivity contribution in [3.8, 4) is 17.1 Å². The van der Waals surface area contributed by atoms with Gasteiger partial charge in [-0.2, -0.15) is 18.2 Å². The smallest absolute Gasteiger partial charge is 0.407 e. The van der Waals surface area contributed by atoms with Crippen molar-refractivity contribution in [2.45, 2.75) is 108 Å². The van der Waals surface area contributed by atoms with Gasteiger partial charge in [0, 0.05) is 29.3 Å². The van der Waals surface area contributed by atoms with E-state index < -0.39 is 52.1 Å². The van der Waals surface area contributed by atoms with Crippen LogP contribution >= 0.6 is 0 Å². The maximum Gasteiger partial charge on any atom is 0.407 e. The number of nitrogens with one attached hydrogen (secondary N) is 2. The minimum atomic E-state index is -4.50. The predicted molar refractivity (Wildman–Crippen MR) is 183 cm³/mol. The summed E-state index contributed by atoms with van der Waals surface area (Å²) in [5, 5.41) is 2.85. The molecular weight excluding hydrogens is 687 g/mol. The Bertz CT molecular complexity index is 1890. The Morgan fingerprint density at radius 1 is 1.06 bits per heavy atom. The van der Waals surface area contributed by atoms with Gasteiger partial charge in [-0.3, -0.25) is 4.79 Å². The molecule has 2 saturated carbocycles. The number of carbonyl (C=O) groups excluding carboxylic acids is 2. The second-order valence-corrected chi connectivity index (χ2v) is 15.8. The summed E-state index contributed by atoms with van der Waals surface area (Å²) >= 11 is 0. The number of anilines is 1. The lowest BCUT2D eigenvalue weighted by Gasteiger charge is -2.42. The average Bonchev–Trinajstić information content (AvgIpc) is 3.84. The molecule has 0 unspecified atom stereocenters. The number of alkyl halides is 3. The number of benzene rings is 2. The third-order valence-corrected chi connectivity index (χ3v) is 11.3. The summed E-state index contributed by atoms with van der Waals surface area (Å²) < 4.78 is 84.8. The topological polar surface area (TPSA) is 140 Å². The van der Waals surface area contributed by atoms with Crippen molar-refractivity contribution in [1.29, 1.82) is 0 Å². The fourth-order valence-electron chi connectivity index (χ4n) is 7.18. The van der Waals surface area contributed by atoms with Gasteiger partial charge < -0.3 is 19.7 Å². The Kier molecular flexibility index (Phi) is 9.96. The Balaban J connectivity index is 1.43. The molecule has 1 atom stereocenters. The number of hydrogen-bond acceptors (Lipinski definition) is 8. The molecule has 2 amide bonds. The Hall–Kier alpha value is -4.40. The number of aromatic nitrogens is 2. The summed E-state index contributed by atoms with van der Waals surface area (Å²) in [6.07, 6.45) is -4.27. The Labute approximate surface area is 295 Å². The zero-order valence-corrected chi connectivity index (χ0v) is 29.7. The van der Waals surface area contributed by atoms with Crippen LogP contribution in [0.3, 0.4) is 0 Å². The van der Waals surface area contributed by atoms with Gasteiger partial charge in [-0.15, -0.1) is 0 Å². The van der Waals surface area contributed by atoms with Gasteiger partial charge >= 0.3 is 12.3 Å². The third kappa shape index (κ3) is 7.92. The summed E-state index contributed by atoms with van der Waals surface area (Å²) in [4.78, 5) is 36.9. The zero-order valence-electron chi connectivity index (χ0n) is 28.9. The van der Waals surface area contributed by atoms with Crippen LogP contribution in [0.25, 0.3) is 11.3 Å². The molecule has 3 aromatic rings. The lowest BCUT2D eigenvalue weighted by molar-refractivity contribution is -0.193. The first-order chi connectivity index (χ1) is 24.0. The Morgan fingerprint density at radius 3 is 2.35 bits per heavy atom. The first kappa shape index (κ1) is 36.4. The summed E-state index contributed by atoms with van der Waals surface area (Å²) in [6, 6.07) is 10.8. The largest absolute Gasteiger partial charge is 0.475 e. The van der Waals surface area contributed by atoms with Gasteiger partial charge in [-0.1, -0.05) is 24.3 Å². The molecule has 0 radical (unpaired) electrons. The average molecular weight is 730 g/mol. The van der Waals surface area contributed by atoms with Crippen molar-refractivity contribution in [1.82, 2.24) is 20.2 Å². The van der Waals surface area contributed by atoms with Crippen molar-refractivity contribution < 1.29 is 40.7 Å². The van der Waals surface area contributed by atoms with Gasteiger partial charge in [0.05, 0.1) is 28.2 Å². The minimum Gasteiger partial charge on any atom is -0.475 e. The van der Waals surface area contributed by atoms with Gasteiger partial charge in [0.1, 0.15) is 6.61 Å². The van der Waals surface area contributed by atoms with E-state index in [2.05, 4.69) is 20.0 Å². The molecule has 1 aromatic heterocycles. The molecule has 6 rings (SSSR count). The minimum absolute atomic E-state index is 0.00332. The molecule has 2 fully saturated rings. The number of fused-ring (bicyclic) bond motifs is 4. The first-order valence-corrected chi connectivity index (χ1v) is 18.6. The van der Waals surface area contributed by atoms with Crippen LogP contribution in [-0.2, 0) is 14.8 Å². The summed E-state index contributed by atoms with van der Waals surface area (Å²) in [5.74, 6) is -0.954. The van der Waals surface area contributed by atoms with Crippen molar-refractivity contribution >= 4 is 28.0 Å². The van der Waals surface area contributed by atoms with Crippen LogP contribution < -0.4 is 14.8 Å². The number of hydrogen-bond donors (Lipinski definition) is 2. The number of nitrogens with zero attached hydrogens (tertiary/aromatic N) is 3. The fourth-order valence-corrected chi connectivity index (χ4v) is 8.17. The molecule has 1 aliphatic heterocycles. The van der Waals surface area contributed by atoms with Gasteiger partial charge in [0.2, 0.25) is 11.8 Å². The second-order valence-electron chi connectivity index (χ2n) is 14.1. The van der Waals surface area contributed by atoms with E-state index in [1.807, 2.05) is 32.0 Å². The standard InChI is InChI=1S/C36H42F3N5O6S/c1-21(2)50-34(46)40-25-11-13-26(14-12-25)44-27(19-35(15-16-35)36(37,38)39)20-49-30-18-29(31-22(3)7-5-8-23(31)4)41-33(42-30)43-51(47,48)28-10-6-9-24(17-28)32(44)45/h5-10,17-18,21,25-27H,11-16,19-20H2,1-4H3,(H,40,46)(H,41,42,43)/t25-,26+,27-/m1/s1. The van der Waals surface area contributed by atoms with E-state index in [1.54, 1.807) is 13.8 Å². The quantitative estimate of drug-likeness (QED) is 0.278. The molecule has 2 aliphatic carbocycles. The molecule has 0 spiro atoms. The first-order valence-electron chi connectivity index (χ1n) is 17.1. The molecular formula is C36H42F3N5O6S. The molecule has 11 nitrogen and oxygen atoms in total. The highest BCUT2D eigenvalue weighted by atomic mass is 32.2. The van der Waals surface area contributed by atoms with E-state index in [4.69, 9.17) is 9.47 Å². The number of halogens is 3. The van der Waals surface area contributed by atoms with Gasteiger partial charge in [-0.05, 0) is 102 Å². The van der Waals surface area contributed by atoms with Crippen molar-refractivity contribution in [2.75, 3.05) is 11.3 Å². The van der Waals surface area contributed by atoms with E-state index in [-0.39, 0.29) is 53.9 Å². The van der Waals surface area contributed by atoms with Crippen LogP contribution in [0.1, 0.15) is 80.3 Å². The number of rotatable bonds is 6. The molecule has 15 heteroatoms. The van der Waals surface area contributed by atoms with Crippen molar-refractivity contribution in [2.24, 2.45) is 5.41 Å². The monoisotopic (exact) mass is 729 g/mol. The number of amides is 2. The van der Waals surface area contributed by atoms with Crippen LogP contribution in [0, 0.1) is 19.3 Å². The SMILES string of the molecule is Cc1cccc(C)c1-c1cc2nc(n1)NS(=O)(=O)c1cccc(c1)C(=O)N([C@H]1CC[C@@H](NC(=O)OC(C)C)CC1)[C@H](CC1(C(F)(F)F)CC1)CO2. The number of carbonyl (C=O) groups is 2. The van der Waals surface area contributed by atoms with Gasteiger partial charge in [-0.25, -0.2) is 22.9 Å². The lowest BCUT2D eigenvalue weighted by Crippen LogP contribution is -2.53. The normalized spacial score (nSPS) is 22.8. The van der Waals surface area contributed by atoms with Crippen LogP contribution in [0.4, 0.5) is 23.9 Å². The number of aryl methyl sites for hydroxylation is 2. The highest BCUT2D eigenvalue weighted by molar-refractivity contribution is 7.92. The highest BCUT2D eigenvalue weighted by Crippen LogP contribution is 2.61. The molecule has 3 aliphatic rings. The molecule has 2 aromatic carbocycles. The van der Waals surface area contributed by atoms with E-state index in [1.165, 1.54) is 35.2 Å². The maximum absolute atomic E-state index is 14.5. The summed E-state index contributed by atoms with van der Waals surface area (Å²) in [5.41, 5.74) is 0.816. The molecule has 274 valence electrons. The van der Waals surface area contributed by atoms with E-state index in [0.717, 1.165) is 16.7 Å². The van der Waals surface area contributed by atoms with Crippen molar-refractivity contribution in [3.05, 3.63) is 65.2 Å². The van der Waals surface area contributed by atoms with Crippen LogP contribution in [0.15, 0.2) is 53.4 Å². The number of alkyl carbamates (subject to hydrolysis) is 1. The zero-order chi connectivity index (χ0) is 36.7. The molecule has 51 heavy (non-hydrogen) atoms. The highest BCUT2D eigenvalue weighted by Gasteiger charge is 2.64. The Morgan fingerprint density at radius 2 is 1.73 bits per heavy atom. The molecule has 0 saturated heterocycles. The van der Waals surface area contributed by atoms with E-state index in [0.29, 0.717) is 31.4 Å². The number of ether oxygens (including phenoxy) is 2. The number of sulfonamides is 1. The van der Waals surface area contributed by atoms with Crippen LogP contribution in [-0.4, -0.2) is 72.3 Å². The lowest BCUT2D eigenvalue weighted by atomic mass is 9.87. The molecule has 2 N–H and O–H groups in total. The van der Waals surface area contributed by atoms with E-state index in [9.17, 15) is 31.2 Å². The fraction of sp³-hybridized carbons (Fsp3) is 0.500. The van der Waals surface area contributed by atoms with Crippen LogP contribution in [0.5, 0.6) is 5.88 Å². The van der Waals surface area contributed by atoms with Gasteiger partial charge in [0.15, 0.2) is 0 Å². The van der Waals surface area contributed by atoms with Crippen molar-refractivity contribution in [3.63, 3.8) is 0 Å². The molecule has 2 heterocycles. The summed E-state index contributed by atoms with van der Waals surface area (Å²) in [7, 11) is -4.33. The predicted octanol–water partition coefficient (Wildman–Crippen LogP) is 6.94. The second kappa shape index (κ2) is 14.0. The maximum atomic E-state index is 14.5. The van der Waals surface area contributed by atoms with Gasteiger partial charge in [0.25, 0.3) is 15.9 Å². The van der Waals surface area contributed by atoms with Crippen LogP contribution in [0.2, 0.25) is 0 Å². The summed E-state index contributed by atoms with van der Waals surface area (Å²) in [6.45, 7) is 6.90. The third-order valence-electron chi connectivity index (χ3n) is 9.94. The van der Waals surface area contributed by atoms with E-state index >= 15 is 0 Å².